The summed E-state index contributed by atoms with van der Waals surface area (Å²) in [6.45, 7) is 3.31. The lowest BCUT2D eigenvalue weighted by molar-refractivity contribution is 0.215. The minimum Gasteiger partial charge on any atom is -0.368 e. The number of nitrogen functional groups attached to an aromatic ring is 1. The molecule has 0 aliphatic carbocycles. The molecule has 20 heavy (non-hydrogen) atoms. The van der Waals surface area contributed by atoms with Crippen molar-refractivity contribution in [2.45, 2.75) is 19.3 Å². The maximum Gasteiger partial charge on any atom is 0.224 e. The largest absolute Gasteiger partial charge is 0.368 e. The van der Waals surface area contributed by atoms with E-state index in [9.17, 15) is 0 Å². The number of hydrogen-bond donors (Lipinski definition) is 3. The lowest BCUT2D eigenvalue weighted by atomic mass is 9.94. The molecule has 0 amide bonds. The molecule has 2 aromatic rings. The normalized spacial score (nSPS) is 17.6. The predicted octanol–water partition coefficient (Wildman–Crippen LogP) is 1.08. The van der Waals surface area contributed by atoms with Gasteiger partial charge in [0.15, 0.2) is 11.5 Å². The third kappa shape index (κ3) is 2.82. The van der Waals surface area contributed by atoms with E-state index in [2.05, 4.69) is 37.2 Å². The summed E-state index contributed by atoms with van der Waals surface area (Å²) >= 11 is 0. The van der Waals surface area contributed by atoms with Crippen molar-refractivity contribution in [3.05, 3.63) is 6.33 Å². The first kappa shape index (κ1) is 13.1. The smallest absolute Gasteiger partial charge is 0.224 e. The number of nitrogens with zero attached hydrogens (tertiary/aromatic N) is 4. The van der Waals surface area contributed by atoms with E-state index in [1.54, 1.807) is 6.33 Å². The van der Waals surface area contributed by atoms with Crippen molar-refractivity contribution in [2.75, 3.05) is 37.7 Å². The molecule has 3 heterocycles. The summed E-state index contributed by atoms with van der Waals surface area (Å²) in [7, 11) is 2.19. The van der Waals surface area contributed by atoms with Crippen LogP contribution in [0.3, 0.4) is 0 Å². The van der Waals surface area contributed by atoms with Gasteiger partial charge in [0, 0.05) is 6.54 Å². The molecule has 7 heteroatoms. The maximum atomic E-state index is 5.69. The van der Waals surface area contributed by atoms with E-state index >= 15 is 0 Å². The summed E-state index contributed by atoms with van der Waals surface area (Å²) in [6, 6.07) is 0. The average Bonchev–Trinajstić information content (AvgIpc) is 2.89. The maximum absolute atomic E-state index is 5.69. The number of hydrogen-bond acceptors (Lipinski definition) is 6. The molecule has 3 rings (SSSR count). The molecule has 4 N–H and O–H groups in total. The molecule has 1 fully saturated rings. The fourth-order valence-electron chi connectivity index (χ4n) is 2.72. The summed E-state index contributed by atoms with van der Waals surface area (Å²) in [5.41, 5.74) is 7.12. The quantitative estimate of drug-likeness (QED) is 0.772. The molecule has 0 aromatic carbocycles. The summed E-state index contributed by atoms with van der Waals surface area (Å²) < 4.78 is 0. The number of piperidine rings is 1. The van der Waals surface area contributed by atoms with Gasteiger partial charge in [-0.05, 0) is 45.3 Å². The average molecular weight is 275 g/mol. The Hall–Kier alpha value is -1.89. The van der Waals surface area contributed by atoms with Gasteiger partial charge in [0.25, 0.3) is 0 Å². The van der Waals surface area contributed by atoms with Crippen LogP contribution in [0.4, 0.5) is 11.8 Å². The number of H-pyrrole nitrogens is 1. The number of nitrogens with two attached hydrogens (primary N) is 1. The van der Waals surface area contributed by atoms with Crippen LogP contribution in [0.15, 0.2) is 6.33 Å². The van der Waals surface area contributed by atoms with Gasteiger partial charge in [-0.1, -0.05) is 0 Å². The Morgan fingerprint density at radius 2 is 2.20 bits per heavy atom. The van der Waals surface area contributed by atoms with Crippen LogP contribution in [-0.2, 0) is 0 Å². The van der Waals surface area contributed by atoms with Gasteiger partial charge in [-0.2, -0.15) is 9.97 Å². The van der Waals surface area contributed by atoms with E-state index in [1.165, 1.54) is 25.9 Å². The third-order valence-corrected chi connectivity index (χ3v) is 3.99. The highest BCUT2D eigenvalue weighted by Gasteiger charge is 2.16. The van der Waals surface area contributed by atoms with Crippen LogP contribution in [0, 0.1) is 5.92 Å². The minimum atomic E-state index is 0.256. The lowest BCUT2D eigenvalue weighted by Gasteiger charge is -2.28. The Morgan fingerprint density at radius 1 is 1.40 bits per heavy atom. The van der Waals surface area contributed by atoms with Gasteiger partial charge < -0.3 is 20.9 Å². The fourth-order valence-corrected chi connectivity index (χ4v) is 2.72. The SMILES string of the molecule is CN1CCC(CCNc2nc(N)nc3nc[nH]c23)CC1. The van der Waals surface area contributed by atoms with Gasteiger partial charge in [0.05, 0.1) is 6.33 Å². The Kier molecular flexibility index (Phi) is 3.68. The van der Waals surface area contributed by atoms with E-state index in [-0.39, 0.29) is 5.95 Å². The molecule has 1 saturated heterocycles. The van der Waals surface area contributed by atoms with Crippen molar-refractivity contribution < 1.29 is 0 Å². The molecule has 0 spiro atoms. The first-order valence-corrected chi connectivity index (χ1v) is 7.11. The first-order chi connectivity index (χ1) is 9.72. The number of likely N-dealkylation sites (tertiary alicyclic amines) is 1. The van der Waals surface area contributed by atoms with Crippen molar-refractivity contribution in [3.63, 3.8) is 0 Å². The Morgan fingerprint density at radius 3 is 3.00 bits per heavy atom. The Bertz CT molecular complexity index is 571. The van der Waals surface area contributed by atoms with Crippen LogP contribution in [0.1, 0.15) is 19.3 Å². The van der Waals surface area contributed by atoms with Gasteiger partial charge in [-0.3, -0.25) is 0 Å². The van der Waals surface area contributed by atoms with Crippen molar-refractivity contribution in [1.29, 1.82) is 0 Å². The molecule has 1 aliphatic heterocycles. The topological polar surface area (TPSA) is 95.8 Å². The van der Waals surface area contributed by atoms with E-state index in [0.29, 0.717) is 5.65 Å². The summed E-state index contributed by atoms with van der Waals surface area (Å²) in [6.07, 6.45) is 5.33. The third-order valence-electron chi connectivity index (χ3n) is 3.99. The number of anilines is 2. The summed E-state index contributed by atoms with van der Waals surface area (Å²) in [5.74, 6) is 1.81. The minimum absolute atomic E-state index is 0.256. The zero-order valence-corrected chi connectivity index (χ0v) is 11.8. The number of imidazole rings is 1. The van der Waals surface area contributed by atoms with Crippen LogP contribution in [-0.4, -0.2) is 51.5 Å². The van der Waals surface area contributed by atoms with Crippen molar-refractivity contribution >= 4 is 22.9 Å². The number of aromatic amines is 1. The van der Waals surface area contributed by atoms with E-state index in [4.69, 9.17) is 5.73 Å². The van der Waals surface area contributed by atoms with Crippen LogP contribution in [0.5, 0.6) is 0 Å². The fraction of sp³-hybridized carbons (Fsp3) is 0.615. The number of fused-ring (bicyclic) bond motifs is 1. The van der Waals surface area contributed by atoms with Crippen LogP contribution in [0.25, 0.3) is 11.2 Å². The zero-order valence-electron chi connectivity index (χ0n) is 11.8. The highest BCUT2D eigenvalue weighted by molar-refractivity contribution is 5.83. The summed E-state index contributed by atoms with van der Waals surface area (Å²) in [5, 5.41) is 3.36. The molecular formula is C13H21N7. The molecular weight excluding hydrogens is 254 g/mol. The van der Waals surface area contributed by atoms with Gasteiger partial charge in [0.1, 0.15) is 5.52 Å². The van der Waals surface area contributed by atoms with E-state index in [0.717, 1.165) is 30.2 Å². The second-order valence-electron chi connectivity index (χ2n) is 5.49. The molecule has 0 atom stereocenters. The van der Waals surface area contributed by atoms with Crippen LogP contribution < -0.4 is 11.1 Å². The lowest BCUT2D eigenvalue weighted by Crippen LogP contribution is -2.30. The molecule has 0 bridgehead atoms. The van der Waals surface area contributed by atoms with E-state index in [1.807, 2.05) is 0 Å². The molecule has 7 nitrogen and oxygen atoms in total. The van der Waals surface area contributed by atoms with Gasteiger partial charge in [-0.15, -0.1) is 0 Å². The van der Waals surface area contributed by atoms with Crippen molar-refractivity contribution in [2.24, 2.45) is 5.92 Å². The number of nitrogens with one attached hydrogen (secondary N) is 2. The van der Waals surface area contributed by atoms with Gasteiger partial charge >= 0.3 is 0 Å². The highest BCUT2D eigenvalue weighted by atomic mass is 15.1. The molecule has 0 radical (unpaired) electrons. The monoisotopic (exact) mass is 275 g/mol. The van der Waals surface area contributed by atoms with Crippen molar-refractivity contribution in [1.82, 2.24) is 24.8 Å². The molecule has 0 unspecified atom stereocenters. The number of aromatic nitrogens is 4. The van der Waals surface area contributed by atoms with Crippen LogP contribution in [0.2, 0.25) is 0 Å². The zero-order chi connectivity index (χ0) is 13.9. The predicted molar refractivity (Wildman–Crippen MR) is 79.4 cm³/mol. The molecule has 0 saturated carbocycles. The summed E-state index contributed by atoms with van der Waals surface area (Å²) in [4.78, 5) is 17.9. The second kappa shape index (κ2) is 5.62. The van der Waals surface area contributed by atoms with Crippen LogP contribution >= 0.6 is 0 Å². The van der Waals surface area contributed by atoms with Gasteiger partial charge in [0.2, 0.25) is 5.95 Å². The molecule has 108 valence electrons. The van der Waals surface area contributed by atoms with Crippen molar-refractivity contribution in [3.8, 4) is 0 Å². The molecule has 1 aliphatic rings. The number of rotatable bonds is 4. The first-order valence-electron chi connectivity index (χ1n) is 7.11. The van der Waals surface area contributed by atoms with E-state index < -0.39 is 0 Å². The van der Waals surface area contributed by atoms with Gasteiger partial charge in [-0.25, -0.2) is 4.98 Å². The second-order valence-corrected chi connectivity index (χ2v) is 5.49. The highest BCUT2D eigenvalue weighted by Crippen LogP contribution is 2.21. The molecule has 2 aromatic heterocycles. The standard InChI is InChI=1S/C13H21N7/c1-20-6-3-9(4-7-20)2-5-15-11-10-12(17-8-16-10)19-13(14)18-11/h8-9H,2-7H2,1H3,(H4,14,15,16,17,18,19). The Balaban J connectivity index is 1.58. The Labute approximate surface area is 118 Å².